The number of nitrogens with one attached hydrogen (secondary N) is 1. The molecular weight excluding hydrogens is 418 g/mol. The Morgan fingerprint density at radius 3 is 2.06 bits per heavy atom. The number of aliphatic hydroxyl groups is 1. The molecule has 0 radical (unpaired) electrons. The molecule has 186 valence electrons. The minimum atomic E-state index is -0.445. The summed E-state index contributed by atoms with van der Waals surface area (Å²) in [5.41, 5.74) is 2.99. The summed E-state index contributed by atoms with van der Waals surface area (Å²) < 4.78 is 6.05. The second-order valence-electron chi connectivity index (χ2n) is 14.8. The van der Waals surface area contributed by atoms with Crippen LogP contribution in [0.15, 0.2) is 24.3 Å². The molecule has 34 heavy (non-hydrogen) atoms. The van der Waals surface area contributed by atoms with Crippen LogP contribution in [0.4, 0.5) is 0 Å². The highest BCUT2D eigenvalue weighted by molar-refractivity contribution is 5.36. The average molecular weight is 464 g/mol. The lowest BCUT2D eigenvalue weighted by Gasteiger charge is -2.65. The maximum Gasteiger partial charge on any atom is 0.119 e. The summed E-state index contributed by atoms with van der Waals surface area (Å²) in [4.78, 5) is 0. The fraction of sp³-hybridized carbons (Fsp3) is 0.806. The summed E-state index contributed by atoms with van der Waals surface area (Å²) >= 11 is 0. The number of rotatable bonds is 7. The Kier molecular flexibility index (Phi) is 5.03. The third kappa shape index (κ3) is 3.76. The van der Waals surface area contributed by atoms with E-state index in [4.69, 9.17) is 4.74 Å². The van der Waals surface area contributed by atoms with Gasteiger partial charge in [0.15, 0.2) is 0 Å². The van der Waals surface area contributed by atoms with Gasteiger partial charge in [-0.2, -0.15) is 0 Å². The Morgan fingerprint density at radius 1 is 0.853 bits per heavy atom. The number of aliphatic hydroxyl groups excluding tert-OH is 1. The lowest BCUT2D eigenvalue weighted by Crippen LogP contribution is -2.56. The van der Waals surface area contributed by atoms with Gasteiger partial charge in [-0.05, 0) is 134 Å². The molecule has 1 aromatic carbocycles. The van der Waals surface area contributed by atoms with Crippen LogP contribution in [-0.2, 0) is 5.41 Å². The number of hydrogen-bond donors (Lipinski definition) is 2. The third-order valence-corrected chi connectivity index (χ3v) is 11.4. The Labute approximate surface area is 206 Å². The van der Waals surface area contributed by atoms with Crippen LogP contribution in [0.2, 0.25) is 0 Å². The van der Waals surface area contributed by atoms with E-state index >= 15 is 0 Å². The van der Waals surface area contributed by atoms with Crippen LogP contribution >= 0.6 is 0 Å². The van der Waals surface area contributed by atoms with Gasteiger partial charge in [0.25, 0.3) is 0 Å². The molecule has 0 saturated heterocycles. The van der Waals surface area contributed by atoms with Gasteiger partial charge in [-0.25, -0.2) is 0 Å². The standard InChI is InChI=1S/C31H45NO2/c1-29-12-22-13-30(2,17-29)19-31(14-22,18-29)25-3-5-27(6-4-25)34-16-26(33)15-32-28-23-8-20-7-21(10-23)11-24(28)9-20/h3-6,20-24,26,28,32-33H,7-19H2,1-2H3/t20?,21?,22?,23?,24?,26?,28?,29-,30+,31?. The molecule has 1 aromatic rings. The van der Waals surface area contributed by atoms with E-state index in [-0.39, 0.29) is 0 Å². The molecule has 0 aliphatic heterocycles. The second kappa shape index (κ2) is 7.72. The van der Waals surface area contributed by atoms with Crippen molar-refractivity contribution in [2.24, 2.45) is 40.4 Å². The van der Waals surface area contributed by atoms with Gasteiger partial charge < -0.3 is 15.2 Å². The van der Waals surface area contributed by atoms with Crippen molar-refractivity contribution in [2.75, 3.05) is 13.2 Å². The molecule has 2 N–H and O–H groups in total. The second-order valence-corrected chi connectivity index (χ2v) is 14.8. The minimum absolute atomic E-state index is 0.378. The quantitative estimate of drug-likeness (QED) is 0.514. The molecule has 0 spiro atoms. The Bertz CT molecular complexity index is 878. The molecule has 3 unspecified atom stereocenters. The van der Waals surface area contributed by atoms with Crippen molar-refractivity contribution < 1.29 is 9.84 Å². The Balaban J connectivity index is 0.945. The summed E-state index contributed by atoms with van der Waals surface area (Å²) in [5, 5.41) is 14.4. The fourth-order valence-electron chi connectivity index (χ4n) is 11.5. The molecule has 0 amide bonds. The molecule has 0 aromatic heterocycles. The SMILES string of the molecule is C[C@]12CC3CC(c4ccc(OCC(O)CNC5C6CC7CC(C6)CC5C7)cc4)(C1)C[C@@](C)(C3)C2. The Morgan fingerprint density at radius 2 is 1.47 bits per heavy atom. The van der Waals surface area contributed by atoms with Gasteiger partial charge in [0.05, 0.1) is 0 Å². The van der Waals surface area contributed by atoms with Crippen molar-refractivity contribution in [2.45, 2.75) is 102 Å². The van der Waals surface area contributed by atoms with E-state index in [0.717, 1.165) is 35.3 Å². The van der Waals surface area contributed by atoms with E-state index < -0.39 is 6.10 Å². The summed E-state index contributed by atoms with van der Waals surface area (Å²) in [6.45, 7) is 6.15. The number of benzene rings is 1. The zero-order valence-corrected chi connectivity index (χ0v) is 21.4. The van der Waals surface area contributed by atoms with Crippen molar-refractivity contribution in [3.8, 4) is 5.75 Å². The normalized spacial score (nSPS) is 48.9. The highest BCUT2D eigenvalue weighted by atomic mass is 16.5. The first-order valence-corrected chi connectivity index (χ1v) is 14.4. The van der Waals surface area contributed by atoms with E-state index in [1.165, 1.54) is 76.2 Å². The predicted octanol–water partition coefficient (Wildman–Crippen LogP) is 6.09. The first-order chi connectivity index (χ1) is 16.3. The van der Waals surface area contributed by atoms with Gasteiger partial charge in [-0.1, -0.05) is 26.0 Å². The van der Waals surface area contributed by atoms with Crippen molar-refractivity contribution in [3.05, 3.63) is 29.8 Å². The molecule has 5 atom stereocenters. The molecule has 3 nitrogen and oxygen atoms in total. The average Bonchev–Trinajstić information content (AvgIpc) is 2.74. The van der Waals surface area contributed by atoms with Crippen LogP contribution in [0.5, 0.6) is 5.75 Å². The molecular formula is C31H45NO2. The monoisotopic (exact) mass is 463 g/mol. The van der Waals surface area contributed by atoms with Crippen LogP contribution in [0.3, 0.4) is 0 Å². The van der Waals surface area contributed by atoms with Crippen molar-refractivity contribution in [1.29, 1.82) is 0 Å². The molecule has 0 heterocycles. The first-order valence-electron chi connectivity index (χ1n) is 14.4. The van der Waals surface area contributed by atoms with E-state index in [0.29, 0.717) is 35.4 Å². The van der Waals surface area contributed by atoms with Gasteiger partial charge in [0.2, 0.25) is 0 Å². The van der Waals surface area contributed by atoms with Gasteiger partial charge in [-0.15, -0.1) is 0 Å². The zero-order valence-electron chi connectivity index (χ0n) is 21.4. The molecule has 8 aliphatic carbocycles. The highest BCUT2D eigenvalue weighted by Gasteiger charge is 2.60. The smallest absolute Gasteiger partial charge is 0.119 e. The van der Waals surface area contributed by atoms with Gasteiger partial charge >= 0.3 is 0 Å². The summed E-state index contributed by atoms with van der Waals surface area (Å²) in [6, 6.07) is 9.64. The van der Waals surface area contributed by atoms with E-state index in [1.54, 1.807) is 0 Å². The van der Waals surface area contributed by atoms with Gasteiger partial charge in [-0.3, -0.25) is 0 Å². The van der Waals surface area contributed by atoms with Crippen LogP contribution < -0.4 is 10.1 Å². The number of hydrogen-bond acceptors (Lipinski definition) is 3. The van der Waals surface area contributed by atoms with Crippen molar-refractivity contribution >= 4 is 0 Å². The highest BCUT2D eigenvalue weighted by Crippen LogP contribution is 2.69. The fourth-order valence-corrected chi connectivity index (χ4v) is 11.5. The van der Waals surface area contributed by atoms with Gasteiger partial charge in [0.1, 0.15) is 18.5 Å². The molecule has 8 bridgehead atoms. The largest absolute Gasteiger partial charge is 0.491 e. The topological polar surface area (TPSA) is 41.5 Å². The minimum Gasteiger partial charge on any atom is -0.491 e. The molecule has 8 aliphatic rings. The lowest BCUT2D eigenvalue weighted by molar-refractivity contribution is -0.110. The van der Waals surface area contributed by atoms with E-state index in [1.807, 2.05) is 0 Å². The maximum atomic E-state index is 10.6. The molecule has 3 heteroatoms. The van der Waals surface area contributed by atoms with Crippen molar-refractivity contribution in [1.82, 2.24) is 5.32 Å². The third-order valence-electron chi connectivity index (χ3n) is 11.4. The maximum absolute atomic E-state index is 10.6. The number of ether oxygens (including phenoxy) is 1. The zero-order chi connectivity index (χ0) is 23.1. The van der Waals surface area contributed by atoms with Crippen LogP contribution in [-0.4, -0.2) is 30.4 Å². The molecule has 8 fully saturated rings. The van der Waals surface area contributed by atoms with Crippen LogP contribution in [0.1, 0.15) is 90.0 Å². The summed E-state index contributed by atoms with van der Waals surface area (Å²) in [7, 11) is 0. The first kappa shape index (κ1) is 22.2. The summed E-state index contributed by atoms with van der Waals surface area (Å²) in [5.74, 6) is 5.53. The van der Waals surface area contributed by atoms with Crippen LogP contribution in [0.25, 0.3) is 0 Å². The predicted molar refractivity (Wildman–Crippen MR) is 136 cm³/mol. The van der Waals surface area contributed by atoms with E-state index in [2.05, 4.69) is 43.4 Å². The summed E-state index contributed by atoms with van der Waals surface area (Å²) in [6.07, 6.45) is 15.2. The molecule has 9 rings (SSSR count). The van der Waals surface area contributed by atoms with Crippen LogP contribution in [0, 0.1) is 40.4 Å². The van der Waals surface area contributed by atoms with Gasteiger partial charge in [0, 0.05) is 12.6 Å². The molecule has 8 saturated carbocycles. The van der Waals surface area contributed by atoms with E-state index in [9.17, 15) is 5.11 Å². The Hall–Kier alpha value is -1.06. The lowest BCUT2D eigenvalue weighted by atomic mass is 9.39. The van der Waals surface area contributed by atoms with Crippen molar-refractivity contribution in [3.63, 3.8) is 0 Å².